The van der Waals surface area contributed by atoms with Gasteiger partial charge >= 0.3 is 0 Å². The first-order valence-electron chi connectivity index (χ1n) is 6.74. The number of H-pyrrole nitrogens is 1. The molecule has 3 aromatic rings. The maximum absolute atomic E-state index is 9.21. The number of nitriles is 1. The van der Waals surface area contributed by atoms with Crippen LogP contribution in [0.25, 0.3) is 0 Å². The second-order valence-corrected chi connectivity index (χ2v) is 4.73. The smallest absolute Gasteiger partial charge is 0.219 e. The van der Waals surface area contributed by atoms with E-state index in [1.807, 2.05) is 37.3 Å². The van der Waals surface area contributed by atoms with Gasteiger partial charge in [0.15, 0.2) is 6.10 Å². The molecule has 0 saturated carbocycles. The Morgan fingerprint density at radius 2 is 1.91 bits per heavy atom. The molecule has 0 bridgehead atoms. The molecule has 1 unspecified atom stereocenters. The average molecular weight is 291 g/mol. The fourth-order valence-electron chi connectivity index (χ4n) is 2.21. The van der Waals surface area contributed by atoms with Crippen molar-refractivity contribution in [2.24, 2.45) is 0 Å². The molecule has 2 aromatic carbocycles. The first-order chi connectivity index (χ1) is 10.8. The van der Waals surface area contributed by atoms with E-state index < -0.39 is 6.10 Å². The van der Waals surface area contributed by atoms with E-state index in [0.717, 1.165) is 11.1 Å². The highest BCUT2D eigenvalue weighted by molar-refractivity contribution is 5.43. The Labute approximate surface area is 127 Å². The summed E-state index contributed by atoms with van der Waals surface area (Å²) in [6, 6.07) is 17.0. The molecule has 1 heterocycles. The summed E-state index contributed by atoms with van der Waals surface area (Å²) >= 11 is 0. The van der Waals surface area contributed by atoms with E-state index in [4.69, 9.17) is 4.74 Å². The molecule has 0 amide bonds. The fraction of sp³-hybridized carbons (Fsp3) is 0.125. The first kappa shape index (κ1) is 13.8. The largest absolute Gasteiger partial charge is 0.476 e. The molecule has 6 heteroatoms. The molecule has 22 heavy (non-hydrogen) atoms. The third kappa shape index (κ3) is 2.65. The predicted octanol–water partition coefficient (Wildman–Crippen LogP) is 2.55. The molecule has 1 atom stereocenters. The van der Waals surface area contributed by atoms with Crippen molar-refractivity contribution in [2.75, 3.05) is 0 Å². The molecule has 0 fully saturated rings. The van der Waals surface area contributed by atoms with Gasteiger partial charge in [-0.3, -0.25) is 0 Å². The van der Waals surface area contributed by atoms with E-state index in [1.165, 1.54) is 0 Å². The van der Waals surface area contributed by atoms with Crippen LogP contribution >= 0.6 is 0 Å². The highest BCUT2D eigenvalue weighted by Gasteiger charge is 2.23. The second kappa shape index (κ2) is 6.06. The zero-order valence-corrected chi connectivity index (χ0v) is 11.9. The Kier molecular flexibility index (Phi) is 3.79. The molecule has 0 radical (unpaired) electrons. The lowest BCUT2D eigenvalue weighted by Crippen LogP contribution is -2.13. The lowest BCUT2D eigenvalue weighted by Gasteiger charge is -2.18. The zero-order chi connectivity index (χ0) is 15.4. The number of nitrogens with zero attached hydrogens (tertiary/aromatic N) is 4. The molecule has 3 rings (SSSR count). The van der Waals surface area contributed by atoms with Gasteiger partial charge in [0.05, 0.1) is 5.56 Å². The zero-order valence-electron chi connectivity index (χ0n) is 11.9. The Morgan fingerprint density at radius 1 is 1.14 bits per heavy atom. The first-order valence-corrected chi connectivity index (χ1v) is 6.74. The number of hydrogen-bond donors (Lipinski definition) is 1. The van der Waals surface area contributed by atoms with Crippen LogP contribution in [0.5, 0.6) is 5.75 Å². The van der Waals surface area contributed by atoms with Crippen molar-refractivity contribution in [1.29, 1.82) is 5.26 Å². The van der Waals surface area contributed by atoms with Crippen molar-refractivity contribution in [2.45, 2.75) is 13.0 Å². The molecule has 0 saturated heterocycles. The van der Waals surface area contributed by atoms with Gasteiger partial charge in [0.25, 0.3) is 0 Å². The van der Waals surface area contributed by atoms with Gasteiger partial charge in [0.2, 0.25) is 5.82 Å². The van der Waals surface area contributed by atoms with Crippen LogP contribution in [0.3, 0.4) is 0 Å². The molecule has 1 N–H and O–H groups in total. The predicted molar refractivity (Wildman–Crippen MR) is 79.0 cm³/mol. The van der Waals surface area contributed by atoms with Crippen molar-refractivity contribution < 1.29 is 4.74 Å². The molecule has 6 nitrogen and oxygen atoms in total. The highest BCUT2D eigenvalue weighted by Crippen LogP contribution is 2.29. The van der Waals surface area contributed by atoms with Crippen molar-refractivity contribution in [3.8, 4) is 11.8 Å². The maximum Gasteiger partial charge on any atom is 0.219 e. The Morgan fingerprint density at radius 3 is 2.64 bits per heavy atom. The van der Waals surface area contributed by atoms with Crippen molar-refractivity contribution in [1.82, 2.24) is 20.6 Å². The SMILES string of the molecule is Cc1ccccc1C(Oc1ccccc1C#N)c1nn[nH]n1. The van der Waals surface area contributed by atoms with Crippen LogP contribution in [0.2, 0.25) is 0 Å². The fourth-order valence-corrected chi connectivity index (χ4v) is 2.21. The van der Waals surface area contributed by atoms with E-state index in [9.17, 15) is 5.26 Å². The number of rotatable bonds is 4. The third-order valence-corrected chi connectivity index (χ3v) is 3.32. The molecule has 0 aliphatic heterocycles. The number of aromatic amines is 1. The van der Waals surface area contributed by atoms with Gasteiger partial charge in [-0.15, -0.1) is 10.2 Å². The third-order valence-electron chi connectivity index (χ3n) is 3.32. The van der Waals surface area contributed by atoms with Crippen LogP contribution in [0.4, 0.5) is 0 Å². The van der Waals surface area contributed by atoms with E-state index >= 15 is 0 Å². The van der Waals surface area contributed by atoms with Gasteiger partial charge in [-0.05, 0) is 24.6 Å². The highest BCUT2D eigenvalue weighted by atomic mass is 16.5. The van der Waals surface area contributed by atoms with E-state index in [1.54, 1.807) is 18.2 Å². The molecular formula is C16H13N5O. The van der Waals surface area contributed by atoms with E-state index in [2.05, 4.69) is 26.7 Å². The number of tetrazole rings is 1. The lowest BCUT2D eigenvalue weighted by molar-refractivity contribution is 0.235. The summed E-state index contributed by atoms with van der Waals surface area (Å²) in [6.45, 7) is 1.99. The number of ether oxygens (including phenoxy) is 1. The molecule has 0 spiro atoms. The summed E-state index contributed by atoms with van der Waals surface area (Å²) in [5.74, 6) is 0.907. The average Bonchev–Trinajstić information content (AvgIpc) is 3.08. The number of para-hydroxylation sites is 1. The van der Waals surface area contributed by atoms with Gasteiger partial charge in [-0.25, -0.2) is 0 Å². The summed E-state index contributed by atoms with van der Waals surface area (Å²) in [4.78, 5) is 0. The van der Waals surface area contributed by atoms with Crippen LogP contribution in [-0.4, -0.2) is 20.6 Å². The van der Waals surface area contributed by atoms with Gasteiger partial charge in [-0.2, -0.15) is 10.5 Å². The van der Waals surface area contributed by atoms with E-state index in [-0.39, 0.29) is 0 Å². The van der Waals surface area contributed by atoms with Gasteiger partial charge in [-0.1, -0.05) is 41.6 Å². The quantitative estimate of drug-likeness (QED) is 0.798. The minimum atomic E-state index is -0.533. The Bertz CT molecular complexity index is 807. The number of benzene rings is 2. The summed E-state index contributed by atoms with van der Waals surface area (Å²) in [6.07, 6.45) is -0.533. The molecule has 0 aliphatic rings. The van der Waals surface area contributed by atoms with Gasteiger partial charge in [0.1, 0.15) is 11.8 Å². The monoisotopic (exact) mass is 291 g/mol. The molecule has 1 aromatic heterocycles. The minimum absolute atomic E-state index is 0.419. The Balaban J connectivity index is 2.04. The Hall–Kier alpha value is -3.20. The summed E-state index contributed by atoms with van der Waals surface area (Å²) in [5.41, 5.74) is 2.44. The van der Waals surface area contributed by atoms with Crippen LogP contribution in [-0.2, 0) is 0 Å². The summed E-state index contributed by atoms with van der Waals surface area (Å²) < 4.78 is 6.04. The number of aryl methyl sites for hydroxylation is 1. The molecular weight excluding hydrogens is 278 g/mol. The molecule has 108 valence electrons. The van der Waals surface area contributed by atoms with E-state index in [0.29, 0.717) is 17.1 Å². The van der Waals surface area contributed by atoms with Crippen molar-refractivity contribution in [3.63, 3.8) is 0 Å². The second-order valence-electron chi connectivity index (χ2n) is 4.73. The number of nitrogens with one attached hydrogen (secondary N) is 1. The van der Waals surface area contributed by atoms with Gasteiger partial charge < -0.3 is 4.74 Å². The minimum Gasteiger partial charge on any atom is -0.476 e. The van der Waals surface area contributed by atoms with Crippen LogP contribution in [0.15, 0.2) is 48.5 Å². The van der Waals surface area contributed by atoms with Crippen LogP contribution < -0.4 is 4.74 Å². The normalized spacial score (nSPS) is 11.6. The van der Waals surface area contributed by atoms with Crippen LogP contribution in [0.1, 0.15) is 28.6 Å². The lowest BCUT2D eigenvalue weighted by atomic mass is 10.0. The van der Waals surface area contributed by atoms with Crippen molar-refractivity contribution in [3.05, 3.63) is 71.0 Å². The topological polar surface area (TPSA) is 87.5 Å². The summed E-state index contributed by atoms with van der Waals surface area (Å²) in [7, 11) is 0. The number of aromatic nitrogens is 4. The van der Waals surface area contributed by atoms with Gasteiger partial charge in [0, 0.05) is 5.56 Å². The summed E-state index contributed by atoms with van der Waals surface area (Å²) in [5, 5.41) is 23.3. The standard InChI is InChI=1S/C16H13N5O/c1-11-6-2-4-8-13(11)15(16-18-20-21-19-16)22-14-9-5-3-7-12(14)10-17/h2-9,15H,1H3,(H,18,19,20,21). The number of hydrogen-bond acceptors (Lipinski definition) is 5. The molecule has 0 aliphatic carbocycles. The maximum atomic E-state index is 9.21. The van der Waals surface area contributed by atoms with Crippen molar-refractivity contribution >= 4 is 0 Å². The van der Waals surface area contributed by atoms with Crippen LogP contribution in [0, 0.1) is 18.3 Å².